The molecule has 0 aliphatic heterocycles. The lowest BCUT2D eigenvalue weighted by molar-refractivity contribution is 0.498. The first-order valence-corrected chi connectivity index (χ1v) is 4.93. The van der Waals surface area contributed by atoms with Crippen molar-refractivity contribution in [2.45, 2.75) is 32.2 Å². The van der Waals surface area contributed by atoms with Gasteiger partial charge in [-0.25, -0.2) is 4.39 Å². The summed E-state index contributed by atoms with van der Waals surface area (Å²) in [5.74, 6) is -0.143. The van der Waals surface area contributed by atoms with Crippen molar-refractivity contribution in [1.82, 2.24) is 0 Å². The second kappa shape index (κ2) is 2.57. The van der Waals surface area contributed by atoms with Crippen LogP contribution < -0.4 is 5.73 Å². The number of hydrogen-bond acceptors (Lipinski definition) is 1. The Kier molecular flexibility index (Phi) is 1.77. The Morgan fingerprint density at radius 2 is 1.71 bits per heavy atom. The van der Waals surface area contributed by atoms with Gasteiger partial charge in [0.25, 0.3) is 0 Å². The Bertz CT molecular complexity index is 372. The summed E-state index contributed by atoms with van der Waals surface area (Å²) in [7, 11) is 0. The molecule has 0 aromatic heterocycles. The summed E-state index contributed by atoms with van der Waals surface area (Å²) in [6, 6.07) is 6.96. The molecule has 2 atom stereocenters. The minimum absolute atomic E-state index is 0.00477. The molecule has 1 aromatic carbocycles. The van der Waals surface area contributed by atoms with E-state index in [-0.39, 0.29) is 22.7 Å². The van der Waals surface area contributed by atoms with Gasteiger partial charge in [-0.15, -0.1) is 0 Å². The first-order chi connectivity index (χ1) is 6.42. The lowest BCUT2D eigenvalue weighted by Crippen LogP contribution is -2.16. The van der Waals surface area contributed by atoms with Gasteiger partial charge in [0.15, 0.2) is 0 Å². The van der Waals surface area contributed by atoms with Gasteiger partial charge in [0.1, 0.15) is 5.82 Å². The molecule has 76 valence electrons. The predicted octanol–water partition coefficient (Wildman–Crippen LogP) is 2.45. The van der Waals surface area contributed by atoms with Crippen LogP contribution in [0, 0.1) is 11.2 Å². The van der Waals surface area contributed by atoms with Crippen molar-refractivity contribution in [2.75, 3.05) is 0 Å². The first-order valence-electron chi connectivity index (χ1n) is 4.93. The Balaban J connectivity index is 2.49. The van der Waals surface area contributed by atoms with E-state index in [9.17, 15) is 4.39 Å². The van der Waals surface area contributed by atoms with E-state index in [1.54, 1.807) is 6.07 Å². The van der Waals surface area contributed by atoms with Gasteiger partial charge in [-0.2, -0.15) is 0 Å². The molecule has 2 heteroatoms. The predicted molar refractivity (Wildman–Crippen MR) is 55.5 cm³/mol. The Morgan fingerprint density at radius 3 is 2.14 bits per heavy atom. The van der Waals surface area contributed by atoms with Crippen molar-refractivity contribution >= 4 is 0 Å². The van der Waals surface area contributed by atoms with Gasteiger partial charge in [-0.05, 0) is 17.0 Å². The molecule has 14 heavy (non-hydrogen) atoms. The van der Waals surface area contributed by atoms with Crippen LogP contribution in [0.15, 0.2) is 24.3 Å². The highest BCUT2D eigenvalue weighted by Crippen LogP contribution is 2.62. The SMILES string of the molecule is CC1(C)C(N)C1(C)c1ccccc1F. The minimum atomic E-state index is -0.210. The number of halogens is 1. The standard InChI is InChI=1S/C12H16FN/c1-11(2)10(14)12(11,3)8-6-4-5-7-9(8)13/h4-7,10H,14H2,1-3H3. The largest absolute Gasteiger partial charge is 0.326 e. The van der Waals surface area contributed by atoms with Gasteiger partial charge in [0.2, 0.25) is 0 Å². The van der Waals surface area contributed by atoms with Crippen LogP contribution in [0.4, 0.5) is 4.39 Å². The van der Waals surface area contributed by atoms with E-state index in [0.717, 1.165) is 5.56 Å². The van der Waals surface area contributed by atoms with Crippen LogP contribution in [0.1, 0.15) is 26.3 Å². The summed E-state index contributed by atoms with van der Waals surface area (Å²) in [6.45, 7) is 6.21. The van der Waals surface area contributed by atoms with Crippen LogP contribution in [0.25, 0.3) is 0 Å². The maximum atomic E-state index is 13.6. The zero-order valence-electron chi connectivity index (χ0n) is 8.84. The quantitative estimate of drug-likeness (QED) is 0.728. The van der Waals surface area contributed by atoms with E-state index in [2.05, 4.69) is 13.8 Å². The molecule has 1 aliphatic carbocycles. The van der Waals surface area contributed by atoms with Crippen molar-refractivity contribution in [1.29, 1.82) is 0 Å². The summed E-state index contributed by atoms with van der Waals surface area (Å²) < 4.78 is 13.6. The molecule has 1 aliphatic rings. The molecule has 0 heterocycles. The molecular weight excluding hydrogens is 177 g/mol. The Hall–Kier alpha value is -0.890. The molecule has 0 amide bonds. The third kappa shape index (κ3) is 0.921. The highest BCUT2D eigenvalue weighted by Gasteiger charge is 2.67. The molecule has 2 unspecified atom stereocenters. The normalized spacial score (nSPS) is 34.2. The molecule has 1 saturated carbocycles. The number of benzene rings is 1. The lowest BCUT2D eigenvalue weighted by atomic mass is 9.89. The molecule has 1 aromatic rings. The van der Waals surface area contributed by atoms with E-state index in [1.807, 2.05) is 19.1 Å². The zero-order valence-corrected chi connectivity index (χ0v) is 8.84. The van der Waals surface area contributed by atoms with E-state index in [0.29, 0.717) is 0 Å². The number of hydrogen-bond donors (Lipinski definition) is 1. The van der Waals surface area contributed by atoms with Gasteiger partial charge in [-0.3, -0.25) is 0 Å². The fraction of sp³-hybridized carbons (Fsp3) is 0.500. The third-order valence-electron chi connectivity index (χ3n) is 4.09. The van der Waals surface area contributed by atoms with Gasteiger partial charge < -0.3 is 5.73 Å². The molecule has 2 N–H and O–H groups in total. The smallest absolute Gasteiger partial charge is 0.127 e. The molecule has 0 saturated heterocycles. The minimum Gasteiger partial charge on any atom is -0.326 e. The molecule has 2 rings (SSSR count). The van der Waals surface area contributed by atoms with Crippen LogP contribution in [0.3, 0.4) is 0 Å². The van der Waals surface area contributed by atoms with Crippen molar-refractivity contribution in [3.05, 3.63) is 35.6 Å². The van der Waals surface area contributed by atoms with Crippen molar-refractivity contribution < 1.29 is 4.39 Å². The van der Waals surface area contributed by atoms with Crippen molar-refractivity contribution in [3.63, 3.8) is 0 Å². The lowest BCUT2D eigenvalue weighted by Gasteiger charge is -2.15. The second-order valence-corrected chi connectivity index (χ2v) is 4.88. The van der Waals surface area contributed by atoms with Gasteiger partial charge in [0.05, 0.1) is 0 Å². The fourth-order valence-corrected chi connectivity index (χ4v) is 2.42. The summed E-state index contributed by atoms with van der Waals surface area (Å²) in [6.07, 6.45) is 0. The van der Waals surface area contributed by atoms with E-state index < -0.39 is 0 Å². The Morgan fingerprint density at radius 1 is 1.21 bits per heavy atom. The van der Waals surface area contributed by atoms with Crippen LogP contribution >= 0.6 is 0 Å². The maximum absolute atomic E-state index is 13.6. The second-order valence-electron chi connectivity index (χ2n) is 4.88. The van der Waals surface area contributed by atoms with Gasteiger partial charge in [-0.1, -0.05) is 39.0 Å². The third-order valence-corrected chi connectivity index (χ3v) is 4.09. The molecular formula is C12H16FN. The monoisotopic (exact) mass is 193 g/mol. The molecule has 1 fully saturated rings. The zero-order chi connectivity index (χ0) is 10.6. The average Bonchev–Trinajstić information content (AvgIpc) is 2.52. The van der Waals surface area contributed by atoms with Crippen LogP contribution in [-0.2, 0) is 5.41 Å². The van der Waals surface area contributed by atoms with Crippen molar-refractivity contribution in [2.24, 2.45) is 11.1 Å². The van der Waals surface area contributed by atoms with Crippen LogP contribution in [-0.4, -0.2) is 6.04 Å². The number of nitrogens with two attached hydrogens (primary N) is 1. The van der Waals surface area contributed by atoms with Gasteiger partial charge >= 0.3 is 0 Å². The molecule has 0 bridgehead atoms. The molecule has 1 nitrogen and oxygen atoms in total. The molecule has 0 radical (unpaired) electrons. The highest BCUT2D eigenvalue weighted by atomic mass is 19.1. The highest BCUT2D eigenvalue weighted by molar-refractivity contribution is 5.42. The maximum Gasteiger partial charge on any atom is 0.127 e. The number of rotatable bonds is 1. The summed E-state index contributed by atoms with van der Waals surface area (Å²) in [5.41, 5.74) is 6.55. The Labute approximate surface area is 84.1 Å². The summed E-state index contributed by atoms with van der Waals surface area (Å²) >= 11 is 0. The van der Waals surface area contributed by atoms with E-state index in [4.69, 9.17) is 5.73 Å². The van der Waals surface area contributed by atoms with Crippen molar-refractivity contribution in [3.8, 4) is 0 Å². The summed E-state index contributed by atoms with van der Waals surface area (Å²) in [4.78, 5) is 0. The average molecular weight is 193 g/mol. The topological polar surface area (TPSA) is 26.0 Å². The summed E-state index contributed by atoms with van der Waals surface area (Å²) in [5, 5.41) is 0. The fourth-order valence-electron chi connectivity index (χ4n) is 2.42. The van der Waals surface area contributed by atoms with E-state index >= 15 is 0 Å². The molecule has 0 spiro atoms. The van der Waals surface area contributed by atoms with Crippen LogP contribution in [0.5, 0.6) is 0 Å². The van der Waals surface area contributed by atoms with E-state index in [1.165, 1.54) is 6.07 Å². The first kappa shape index (κ1) is 9.66. The van der Waals surface area contributed by atoms with Crippen LogP contribution in [0.2, 0.25) is 0 Å². The van der Waals surface area contributed by atoms with Gasteiger partial charge in [0, 0.05) is 11.5 Å².